The van der Waals surface area contributed by atoms with Crippen LogP contribution in [0.25, 0.3) is 0 Å². The van der Waals surface area contributed by atoms with E-state index in [4.69, 9.17) is 5.73 Å². The molecule has 0 aromatic heterocycles. The smallest absolute Gasteiger partial charge is 0.0266 e. The Bertz CT molecular complexity index is 484. The van der Waals surface area contributed by atoms with Gasteiger partial charge in [0.25, 0.3) is 0 Å². The van der Waals surface area contributed by atoms with E-state index in [1.807, 2.05) is 30.8 Å². The molecule has 0 aliphatic carbocycles. The first-order chi connectivity index (χ1) is 9.93. The van der Waals surface area contributed by atoms with Gasteiger partial charge >= 0.3 is 0 Å². The second kappa shape index (κ2) is 8.96. The molecule has 0 aliphatic heterocycles. The Balaban J connectivity index is 2.86. The maximum Gasteiger partial charge on any atom is 0.0266 e. The van der Waals surface area contributed by atoms with Crippen LogP contribution in [0.4, 0.5) is 0 Å². The molecule has 1 rings (SSSR count). The lowest BCUT2D eigenvalue weighted by molar-refractivity contribution is 0.562. The van der Waals surface area contributed by atoms with Crippen molar-refractivity contribution in [3.63, 3.8) is 0 Å². The molecule has 2 N–H and O–H groups in total. The average molecular weight is 305 g/mol. The summed E-state index contributed by atoms with van der Waals surface area (Å²) >= 11 is 1.88. The maximum atomic E-state index is 6.15. The summed E-state index contributed by atoms with van der Waals surface area (Å²) < 4.78 is 0. The zero-order chi connectivity index (χ0) is 15.8. The van der Waals surface area contributed by atoms with Crippen molar-refractivity contribution >= 4 is 11.8 Å². The zero-order valence-electron chi connectivity index (χ0n) is 13.9. The number of hydrogen-bond acceptors (Lipinski definition) is 3. The van der Waals surface area contributed by atoms with Crippen LogP contribution >= 0.6 is 11.8 Å². The Labute approximate surface area is 134 Å². The van der Waals surface area contributed by atoms with Crippen molar-refractivity contribution < 1.29 is 0 Å². The third kappa shape index (κ3) is 6.40. The number of hydrogen-bond donors (Lipinski definition) is 1. The van der Waals surface area contributed by atoms with Crippen LogP contribution in [0.1, 0.15) is 25.8 Å². The van der Waals surface area contributed by atoms with Gasteiger partial charge in [0.2, 0.25) is 0 Å². The molecule has 2 nitrogen and oxygen atoms in total. The number of thioether (sulfide) groups is 1. The van der Waals surface area contributed by atoms with Crippen LogP contribution in [0, 0.1) is 6.92 Å². The first-order valence-electron chi connectivity index (χ1n) is 7.45. The third-order valence-corrected chi connectivity index (χ3v) is 4.41. The van der Waals surface area contributed by atoms with E-state index in [1.165, 1.54) is 21.6 Å². The molecule has 21 heavy (non-hydrogen) atoms. The minimum Gasteiger partial charge on any atom is -0.383 e. The lowest BCUT2D eigenvalue weighted by atomic mass is 10.0. The molecular formula is C18H28N2S. The van der Waals surface area contributed by atoms with Crippen molar-refractivity contribution in [2.75, 3.05) is 19.8 Å². The minimum atomic E-state index is 0.0646. The zero-order valence-corrected chi connectivity index (χ0v) is 14.7. The summed E-state index contributed by atoms with van der Waals surface area (Å²) in [6, 6.07) is 8.77. The van der Waals surface area contributed by atoms with Crippen molar-refractivity contribution in [3.8, 4) is 0 Å². The van der Waals surface area contributed by atoms with Gasteiger partial charge in [-0.2, -0.15) is 0 Å². The molecule has 1 unspecified atom stereocenters. The maximum absolute atomic E-state index is 6.15. The highest BCUT2D eigenvalue weighted by atomic mass is 32.2. The van der Waals surface area contributed by atoms with Crippen LogP contribution in [0.2, 0.25) is 0 Å². The van der Waals surface area contributed by atoms with Crippen LogP contribution in [0.5, 0.6) is 0 Å². The molecule has 0 saturated carbocycles. The monoisotopic (exact) mass is 304 g/mol. The summed E-state index contributed by atoms with van der Waals surface area (Å²) in [5.74, 6) is 0.994. The van der Waals surface area contributed by atoms with Gasteiger partial charge in [-0.1, -0.05) is 30.2 Å². The predicted molar refractivity (Wildman–Crippen MR) is 95.7 cm³/mol. The molecule has 0 spiro atoms. The summed E-state index contributed by atoms with van der Waals surface area (Å²) in [5, 5.41) is 0. The van der Waals surface area contributed by atoms with Crippen LogP contribution in [0.3, 0.4) is 0 Å². The van der Waals surface area contributed by atoms with Crippen molar-refractivity contribution in [1.82, 2.24) is 4.90 Å². The van der Waals surface area contributed by atoms with Crippen LogP contribution < -0.4 is 5.73 Å². The number of nitrogens with zero attached hydrogens (tertiary/aromatic N) is 1. The standard InChI is InChI=1S/C18H28N2S/c1-6-16(18(15(3)19)11-12-20(4)5)13-21-17-9-7-14(2)8-10-17/h7-12,15H,6,13,19H2,1-5H3/b12-11-,18-16+. The molecule has 0 amide bonds. The van der Waals surface area contributed by atoms with Crippen molar-refractivity contribution in [2.45, 2.75) is 38.1 Å². The summed E-state index contributed by atoms with van der Waals surface area (Å²) in [4.78, 5) is 3.36. The van der Waals surface area contributed by atoms with E-state index in [9.17, 15) is 0 Å². The molecule has 1 aromatic rings. The number of nitrogens with two attached hydrogens (primary N) is 1. The molecular weight excluding hydrogens is 276 g/mol. The summed E-state index contributed by atoms with van der Waals surface area (Å²) in [6.45, 7) is 6.38. The summed E-state index contributed by atoms with van der Waals surface area (Å²) in [7, 11) is 4.06. The molecule has 1 aromatic carbocycles. The lowest BCUT2D eigenvalue weighted by Crippen LogP contribution is -2.19. The van der Waals surface area contributed by atoms with Crippen molar-refractivity contribution in [3.05, 3.63) is 53.3 Å². The fourth-order valence-electron chi connectivity index (χ4n) is 2.02. The van der Waals surface area contributed by atoms with E-state index in [2.05, 4.69) is 57.3 Å². The van der Waals surface area contributed by atoms with Crippen LogP contribution in [-0.2, 0) is 0 Å². The van der Waals surface area contributed by atoms with Gasteiger partial charge in [0.05, 0.1) is 0 Å². The Morgan fingerprint density at radius 1 is 1.29 bits per heavy atom. The van der Waals surface area contributed by atoms with Crippen molar-refractivity contribution in [2.24, 2.45) is 5.73 Å². The van der Waals surface area contributed by atoms with Gasteiger partial charge in [-0.25, -0.2) is 0 Å². The normalized spacial score (nSPS) is 14.2. The summed E-state index contributed by atoms with van der Waals surface area (Å²) in [6.07, 6.45) is 5.26. The van der Waals surface area contributed by atoms with Gasteiger partial charge in [-0.3, -0.25) is 0 Å². The van der Waals surface area contributed by atoms with E-state index < -0.39 is 0 Å². The van der Waals surface area contributed by atoms with Crippen LogP contribution in [0.15, 0.2) is 52.6 Å². The van der Waals surface area contributed by atoms with E-state index in [0.29, 0.717) is 0 Å². The number of rotatable bonds is 7. The Kier molecular flexibility index (Phi) is 7.62. The fraction of sp³-hybridized carbons (Fsp3) is 0.444. The Morgan fingerprint density at radius 3 is 2.38 bits per heavy atom. The molecule has 0 saturated heterocycles. The highest BCUT2D eigenvalue weighted by Gasteiger charge is 2.08. The van der Waals surface area contributed by atoms with Crippen molar-refractivity contribution in [1.29, 1.82) is 0 Å². The first-order valence-corrected chi connectivity index (χ1v) is 8.44. The highest BCUT2D eigenvalue weighted by molar-refractivity contribution is 7.99. The second-order valence-corrected chi connectivity index (χ2v) is 6.63. The van der Waals surface area contributed by atoms with E-state index in [0.717, 1.165) is 12.2 Å². The predicted octanol–water partition coefficient (Wildman–Crippen LogP) is 4.22. The molecule has 0 bridgehead atoms. The van der Waals surface area contributed by atoms with Gasteiger partial charge < -0.3 is 10.6 Å². The van der Waals surface area contributed by atoms with Crippen LogP contribution in [-0.4, -0.2) is 30.8 Å². The largest absolute Gasteiger partial charge is 0.383 e. The topological polar surface area (TPSA) is 29.3 Å². The first kappa shape index (κ1) is 17.9. The molecule has 0 radical (unpaired) electrons. The van der Waals surface area contributed by atoms with Gasteiger partial charge in [0.15, 0.2) is 0 Å². The van der Waals surface area contributed by atoms with Gasteiger partial charge in [-0.05, 0) is 50.3 Å². The Hall–Kier alpha value is -1.19. The fourth-order valence-corrected chi connectivity index (χ4v) is 3.06. The molecule has 116 valence electrons. The third-order valence-electron chi connectivity index (χ3n) is 3.31. The lowest BCUT2D eigenvalue weighted by Gasteiger charge is -2.16. The summed E-state index contributed by atoms with van der Waals surface area (Å²) in [5.41, 5.74) is 10.1. The average Bonchev–Trinajstić information content (AvgIpc) is 2.43. The highest BCUT2D eigenvalue weighted by Crippen LogP contribution is 2.25. The van der Waals surface area contributed by atoms with Gasteiger partial charge in [0, 0.05) is 30.8 Å². The SMILES string of the molecule is CC/C(CSc1ccc(C)cc1)=C(/C=C\N(C)C)C(C)N. The molecule has 3 heteroatoms. The molecule has 1 atom stereocenters. The minimum absolute atomic E-state index is 0.0646. The van der Waals surface area contributed by atoms with Gasteiger partial charge in [-0.15, -0.1) is 11.8 Å². The Morgan fingerprint density at radius 2 is 1.90 bits per heavy atom. The second-order valence-electron chi connectivity index (χ2n) is 5.58. The molecule has 0 heterocycles. The molecule has 0 fully saturated rings. The van der Waals surface area contributed by atoms with Gasteiger partial charge in [0.1, 0.15) is 0 Å². The van der Waals surface area contributed by atoms with E-state index in [1.54, 1.807) is 0 Å². The number of benzene rings is 1. The quantitative estimate of drug-likeness (QED) is 0.604. The molecule has 0 aliphatic rings. The van der Waals surface area contributed by atoms with E-state index in [-0.39, 0.29) is 6.04 Å². The number of aryl methyl sites for hydroxylation is 1. The van der Waals surface area contributed by atoms with E-state index >= 15 is 0 Å².